The SMILES string of the molecule is C(=N\[n+]1ccccc1)/c1ccccc1.F[B-](F)(F)F. The second kappa shape index (κ2) is 7.30. The van der Waals surface area contributed by atoms with Crippen LogP contribution in [0.15, 0.2) is 66.0 Å². The summed E-state index contributed by atoms with van der Waals surface area (Å²) >= 11 is 0. The summed E-state index contributed by atoms with van der Waals surface area (Å²) in [5.74, 6) is 0. The maximum absolute atomic E-state index is 9.75. The maximum Gasteiger partial charge on any atom is 0.673 e. The van der Waals surface area contributed by atoms with Crippen LogP contribution >= 0.6 is 0 Å². The largest absolute Gasteiger partial charge is 0.673 e. The molecule has 2 nitrogen and oxygen atoms in total. The first-order valence-corrected chi connectivity index (χ1v) is 5.38. The summed E-state index contributed by atoms with van der Waals surface area (Å²) in [6.07, 6.45) is 5.64. The third kappa shape index (κ3) is 8.53. The molecule has 7 heteroatoms. The van der Waals surface area contributed by atoms with Crippen LogP contribution in [-0.4, -0.2) is 13.5 Å². The van der Waals surface area contributed by atoms with Gasteiger partial charge in [-0.15, -0.1) is 0 Å². The maximum atomic E-state index is 9.75. The van der Waals surface area contributed by atoms with Crippen LogP contribution < -0.4 is 4.68 Å². The first kappa shape index (κ1) is 14.9. The van der Waals surface area contributed by atoms with E-state index >= 15 is 0 Å². The van der Waals surface area contributed by atoms with Gasteiger partial charge in [-0.2, -0.15) is 0 Å². The molecule has 0 unspecified atom stereocenters. The normalized spacial score (nSPS) is 10.9. The zero-order valence-corrected chi connectivity index (χ0v) is 9.83. The predicted octanol–water partition coefficient (Wildman–Crippen LogP) is 3.16. The number of pyridine rings is 1. The van der Waals surface area contributed by atoms with Crippen molar-refractivity contribution in [3.63, 3.8) is 0 Å². The van der Waals surface area contributed by atoms with E-state index in [1.165, 1.54) is 0 Å². The fourth-order valence-electron chi connectivity index (χ4n) is 1.14. The molecule has 0 atom stereocenters. The Balaban J connectivity index is 0.000000312. The monoisotopic (exact) mass is 270 g/mol. The molecule has 0 radical (unpaired) electrons. The second-order valence-electron chi connectivity index (χ2n) is 3.41. The Hall–Kier alpha value is -2.18. The Bertz CT molecular complexity index is 453. The summed E-state index contributed by atoms with van der Waals surface area (Å²) < 4.78 is 40.8. The third-order valence-electron chi connectivity index (χ3n) is 1.84. The molecule has 0 fully saturated rings. The highest BCUT2D eigenvalue weighted by Gasteiger charge is 2.20. The zero-order chi connectivity index (χ0) is 14.1. The lowest BCUT2D eigenvalue weighted by Crippen LogP contribution is -2.25. The Kier molecular flexibility index (Phi) is 5.72. The van der Waals surface area contributed by atoms with Crippen LogP contribution in [-0.2, 0) is 0 Å². The molecule has 1 aromatic carbocycles. The summed E-state index contributed by atoms with van der Waals surface area (Å²) in [6.45, 7) is 0. The minimum atomic E-state index is -6.00. The van der Waals surface area contributed by atoms with Gasteiger partial charge in [0.25, 0.3) is 0 Å². The van der Waals surface area contributed by atoms with E-state index in [9.17, 15) is 17.3 Å². The first-order valence-electron chi connectivity index (χ1n) is 5.38. The Morgan fingerprint density at radius 3 is 1.84 bits per heavy atom. The van der Waals surface area contributed by atoms with E-state index in [-0.39, 0.29) is 0 Å². The smallest absolute Gasteiger partial charge is 0.418 e. The van der Waals surface area contributed by atoms with Gasteiger partial charge in [-0.3, -0.25) is 0 Å². The number of hydrogen-bond acceptors (Lipinski definition) is 1. The molecule has 2 aromatic rings. The second-order valence-corrected chi connectivity index (χ2v) is 3.41. The van der Waals surface area contributed by atoms with Crippen molar-refractivity contribution < 1.29 is 21.9 Å². The molecule has 0 N–H and O–H groups in total. The van der Waals surface area contributed by atoms with Gasteiger partial charge < -0.3 is 17.3 Å². The van der Waals surface area contributed by atoms with Crippen LogP contribution in [0.25, 0.3) is 0 Å². The average Bonchev–Trinajstić information content (AvgIpc) is 2.37. The van der Waals surface area contributed by atoms with Crippen molar-refractivity contribution >= 4 is 13.5 Å². The molecular formula is C12H11BF4N2. The van der Waals surface area contributed by atoms with Gasteiger partial charge in [-0.05, 0) is 10.7 Å². The summed E-state index contributed by atoms with van der Waals surface area (Å²) in [7, 11) is -6.00. The van der Waals surface area contributed by atoms with Crippen molar-refractivity contribution in [2.24, 2.45) is 5.10 Å². The van der Waals surface area contributed by atoms with Crippen molar-refractivity contribution in [2.45, 2.75) is 0 Å². The molecule has 19 heavy (non-hydrogen) atoms. The molecule has 1 aromatic heterocycles. The third-order valence-corrected chi connectivity index (χ3v) is 1.84. The summed E-state index contributed by atoms with van der Waals surface area (Å²) in [5, 5.41) is 4.27. The van der Waals surface area contributed by atoms with Crippen molar-refractivity contribution in [3.05, 3.63) is 66.5 Å². The molecule has 0 saturated heterocycles. The predicted molar refractivity (Wildman–Crippen MR) is 66.3 cm³/mol. The van der Waals surface area contributed by atoms with Crippen LogP contribution in [0.3, 0.4) is 0 Å². The van der Waals surface area contributed by atoms with E-state index in [2.05, 4.69) is 5.10 Å². The van der Waals surface area contributed by atoms with Crippen molar-refractivity contribution in [1.82, 2.24) is 0 Å². The number of nitrogens with zero attached hydrogens (tertiary/aromatic N) is 2. The first-order chi connectivity index (χ1) is 8.95. The minimum absolute atomic E-state index is 1.10. The summed E-state index contributed by atoms with van der Waals surface area (Å²) in [6, 6.07) is 15.9. The average molecular weight is 270 g/mol. The molecule has 2 rings (SSSR count). The molecular weight excluding hydrogens is 259 g/mol. The van der Waals surface area contributed by atoms with E-state index in [1.54, 1.807) is 4.68 Å². The summed E-state index contributed by atoms with van der Waals surface area (Å²) in [4.78, 5) is 0. The van der Waals surface area contributed by atoms with Crippen LogP contribution in [0.4, 0.5) is 17.3 Å². The van der Waals surface area contributed by atoms with Gasteiger partial charge in [0.05, 0.1) is 0 Å². The number of aromatic nitrogens is 1. The quantitative estimate of drug-likeness (QED) is 0.345. The van der Waals surface area contributed by atoms with Gasteiger partial charge in [0, 0.05) is 12.1 Å². The topological polar surface area (TPSA) is 16.2 Å². The lowest BCUT2D eigenvalue weighted by atomic mass is 10.2. The van der Waals surface area contributed by atoms with E-state index in [1.807, 2.05) is 67.1 Å². The molecule has 0 aliphatic heterocycles. The van der Waals surface area contributed by atoms with E-state index in [0.29, 0.717) is 0 Å². The number of halogens is 4. The van der Waals surface area contributed by atoms with Crippen LogP contribution in [0.1, 0.15) is 5.56 Å². The number of rotatable bonds is 2. The fourth-order valence-corrected chi connectivity index (χ4v) is 1.14. The number of hydrogen-bond donors (Lipinski definition) is 0. The highest BCUT2D eigenvalue weighted by Crippen LogP contribution is 2.06. The fraction of sp³-hybridized carbons (Fsp3) is 0. The van der Waals surface area contributed by atoms with Gasteiger partial charge in [0.1, 0.15) is 6.21 Å². The Morgan fingerprint density at radius 1 is 0.842 bits per heavy atom. The molecule has 0 spiro atoms. The van der Waals surface area contributed by atoms with Gasteiger partial charge in [0.2, 0.25) is 12.4 Å². The van der Waals surface area contributed by atoms with Gasteiger partial charge in [-0.1, -0.05) is 41.1 Å². The Labute approximate surface area is 108 Å². The highest BCUT2D eigenvalue weighted by atomic mass is 19.5. The van der Waals surface area contributed by atoms with Crippen LogP contribution in [0.2, 0.25) is 0 Å². The molecule has 0 aliphatic carbocycles. The van der Waals surface area contributed by atoms with Gasteiger partial charge in [0.15, 0.2) is 0 Å². The lowest BCUT2D eigenvalue weighted by molar-refractivity contribution is -0.678. The molecule has 0 amide bonds. The van der Waals surface area contributed by atoms with Crippen molar-refractivity contribution in [3.8, 4) is 0 Å². The number of benzene rings is 1. The van der Waals surface area contributed by atoms with E-state index in [4.69, 9.17) is 0 Å². The van der Waals surface area contributed by atoms with Crippen molar-refractivity contribution in [2.75, 3.05) is 0 Å². The van der Waals surface area contributed by atoms with Gasteiger partial charge >= 0.3 is 7.25 Å². The van der Waals surface area contributed by atoms with Crippen LogP contribution in [0, 0.1) is 0 Å². The highest BCUT2D eigenvalue weighted by molar-refractivity contribution is 6.50. The Morgan fingerprint density at radius 2 is 1.32 bits per heavy atom. The minimum Gasteiger partial charge on any atom is -0.418 e. The zero-order valence-electron chi connectivity index (χ0n) is 9.83. The van der Waals surface area contributed by atoms with E-state index in [0.717, 1.165) is 5.56 Å². The lowest BCUT2D eigenvalue weighted by Gasteiger charge is -1.94. The molecule has 0 saturated carbocycles. The molecule has 0 aliphatic rings. The molecule has 100 valence electrons. The van der Waals surface area contributed by atoms with Gasteiger partial charge in [-0.25, -0.2) is 0 Å². The molecule has 0 bridgehead atoms. The summed E-state index contributed by atoms with van der Waals surface area (Å²) in [5.41, 5.74) is 1.10. The molecule has 1 heterocycles. The van der Waals surface area contributed by atoms with Crippen molar-refractivity contribution in [1.29, 1.82) is 0 Å². The standard InChI is InChI=1S/C12H11N2.BF4/c1-3-7-12(8-4-1)11-13-14-9-5-2-6-10-14;2-1(3,4)5/h1-11H;/q+1;-1/b13-11+;. The van der Waals surface area contributed by atoms with Crippen LogP contribution in [0.5, 0.6) is 0 Å². The van der Waals surface area contributed by atoms with E-state index < -0.39 is 7.25 Å².